The van der Waals surface area contributed by atoms with Crippen LogP contribution in [0.15, 0.2) is 35.1 Å². The summed E-state index contributed by atoms with van der Waals surface area (Å²) in [7, 11) is 0. The van der Waals surface area contributed by atoms with Gasteiger partial charge in [-0.2, -0.15) is 0 Å². The van der Waals surface area contributed by atoms with E-state index in [0.29, 0.717) is 0 Å². The fourth-order valence-electron chi connectivity index (χ4n) is 1.31. The molecule has 0 radical (unpaired) electrons. The minimum absolute atomic E-state index is 0.811. The molecule has 82 valence electrons. The van der Waals surface area contributed by atoms with Crippen molar-refractivity contribution < 1.29 is 0 Å². The molecule has 0 bridgehead atoms. The molecule has 0 atom stereocenters. The van der Waals surface area contributed by atoms with Crippen LogP contribution < -0.4 is 5.32 Å². The van der Waals surface area contributed by atoms with Crippen molar-refractivity contribution in [3.8, 4) is 0 Å². The molecule has 0 amide bonds. The van der Waals surface area contributed by atoms with Gasteiger partial charge < -0.3 is 5.32 Å². The second kappa shape index (κ2) is 4.61. The molecule has 4 heteroatoms. The van der Waals surface area contributed by atoms with Gasteiger partial charge in [0.2, 0.25) is 0 Å². The number of aryl methyl sites for hydroxylation is 2. The lowest BCUT2D eigenvalue weighted by molar-refractivity contribution is 1.19. The maximum Gasteiger partial charge on any atom is 0.144 e. The van der Waals surface area contributed by atoms with Gasteiger partial charge in [0.25, 0.3) is 0 Å². The van der Waals surface area contributed by atoms with E-state index in [2.05, 4.69) is 31.2 Å². The summed E-state index contributed by atoms with van der Waals surface area (Å²) < 4.78 is 0.982. The summed E-state index contributed by atoms with van der Waals surface area (Å²) in [5.74, 6) is 0.811. The summed E-state index contributed by atoms with van der Waals surface area (Å²) in [6.45, 7) is 3.99. The van der Waals surface area contributed by atoms with E-state index in [4.69, 9.17) is 0 Å². The molecule has 2 rings (SSSR count). The van der Waals surface area contributed by atoms with Crippen molar-refractivity contribution >= 4 is 27.4 Å². The standard InChI is InChI=1S/C12H12BrN3/c1-8-5-6-14-12(11(8)13)16-10-4-3-9(2)15-7-10/h3-7H,1-2H3,(H,14,16). The Morgan fingerprint density at radius 1 is 1.12 bits per heavy atom. The average molecular weight is 278 g/mol. The maximum atomic E-state index is 4.27. The minimum atomic E-state index is 0.811. The Hall–Kier alpha value is -1.42. The molecule has 0 spiro atoms. The summed E-state index contributed by atoms with van der Waals surface area (Å²) in [5.41, 5.74) is 3.09. The van der Waals surface area contributed by atoms with E-state index in [9.17, 15) is 0 Å². The van der Waals surface area contributed by atoms with Gasteiger partial charge in [-0.1, -0.05) is 0 Å². The van der Waals surface area contributed by atoms with Crippen LogP contribution in [0.4, 0.5) is 11.5 Å². The Morgan fingerprint density at radius 3 is 2.62 bits per heavy atom. The van der Waals surface area contributed by atoms with Gasteiger partial charge in [0.05, 0.1) is 16.4 Å². The molecule has 2 heterocycles. The summed E-state index contributed by atoms with van der Waals surface area (Å²) in [6.07, 6.45) is 3.58. The van der Waals surface area contributed by atoms with E-state index in [1.807, 2.05) is 32.0 Å². The predicted molar refractivity (Wildman–Crippen MR) is 68.9 cm³/mol. The molecule has 0 aromatic carbocycles. The number of hydrogen-bond donors (Lipinski definition) is 1. The third-order valence-electron chi connectivity index (χ3n) is 2.26. The second-order valence-corrected chi connectivity index (χ2v) is 4.40. The van der Waals surface area contributed by atoms with Gasteiger partial charge in [-0.25, -0.2) is 4.98 Å². The van der Waals surface area contributed by atoms with Gasteiger partial charge in [0, 0.05) is 11.9 Å². The zero-order chi connectivity index (χ0) is 11.5. The van der Waals surface area contributed by atoms with Crippen molar-refractivity contribution in [1.82, 2.24) is 9.97 Å². The monoisotopic (exact) mass is 277 g/mol. The minimum Gasteiger partial charge on any atom is -0.338 e. The molecule has 3 nitrogen and oxygen atoms in total. The number of anilines is 2. The van der Waals surface area contributed by atoms with E-state index in [1.165, 1.54) is 0 Å². The summed E-state index contributed by atoms with van der Waals surface area (Å²) in [4.78, 5) is 8.49. The Bertz CT molecular complexity index is 494. The van der Waals surface area contributed by atoms with E-state index >= 15 is 0 Å². The number of pyridine rings is 2. The fourth-order valence-corrected chi connectivity index (χ4v) is 1.64. The first-order valence-electron chi connectivity index (χ1n) is 4.97. The van der Waals surface area contributed by atoms with Crippen LogP contribution in [0.1, 0.15) is 11.3 Å². The molecule has 2 aromatic rings. The van der Waals surface area contributed by atoms with Crippen LogP contribution in [0.5, 0.6) is 0 Å². The van der Waals surface area contributed by atoms with Crippen molar-refractivity contribution in [2.24, 2.45) is 0 Å². The number of aromatic nitrogens is 2. The van der Waals surface area contributed by atoms with Crippen LogP contribution in [0.3, 0.4) is 0 Å². The lowest BCUT2D eigenvalue weighted by Crippen LogP contribution is -1.96. The molecule has 0 saturated carbocycles. The zero-order valence-electron chi connectivity index (χ0n) is 9.16. The predicted octanol–water partition coefficient (Wildman–Crippen LogP) is 3.60. The summed E-state index contributed by atoms with van der Waals surface area (Å²) in [6, 6.07) is 5.91. The normalized spacial score (nSPS) is 10.2. The van der Waals surface area contributed by atoms with Gasteiger partial charge >= 0.3 is 0 Å². The number of nitrogens with one attached hydrogen (secondary N) is 1. The highest BCUT2D eigenvalue weighted by molar-refractivity contribution is 9.10. The van der Waals surface area contributed by atoms with E-state index in [1.54, 1.807) is 12.4 Å². The summed E-state index contributed by atoms with van der Waals surface area (Å²) in [5, 5.41) is 3.22. The first-order valence-corrected chi connectivity index (χ1v) is 5.77. The van der Waals surface area contributed by atoms with Gasteiger partial charge in [0.15, 0.2) is 0 Å². The Morgan fingerprint density at radius 2 is 1.94 bits per heavy atom. The first kappa shape index (κ1) is 11.1. The lowest BCUT2D eigenvalue weighted by Gasteiger charge is -2.08. The molecule has 0 saturated heterocycles. The highest BCUT2D eigenvalue weighted by Gasteiger charge is 2.03. The van der Waals surface area contributed by atoms with Crippen LogP contribution in [-0.2, 0) is 0 Å². The molecule has 1 N–H and O–H groups in total. The molecular formula is C12H12BrN3. The maximum absolute atomic E-state index is 4.27. The Balaban J connectivity index is 2.27. The van der Waals surface area contributed by atoms with Crippen molar-refractivity contribution in [1.29, 1.82) is 0 Å². The fraction of sp³-hybridized carbons (Fsp3) is 0.167. The number of nitrogens with zero attached hydrogens (tertiary/aromatic N) is 2. The van der Waals surface area contributed by atoms with Gasteiger partial charge in [-0.15, -0.1) is 0 Å². The molecule has 0 unspecified atom stereocenters. The molecule has 16 heavy (non-hydrogen) atoms. The topological polar surface area (TPSA) is 37.8 Å². The number of halogens is 1. The average Bonchev–Trinajstić information content (AvgIpc) is 2.28. The summed E-state index contributed by atoms with van der Waals surface area (Å²) >= 11 is 3.51. The van der Waals surface area contributed by atoms with Gasteiger partial charge in [-0.3, -0.25) is 4.98 Å². The van der Waals surface area contributed by atoms with Crippen LogP contribution in [0.25, 0.3) is 0 Å². The smallest absolute Gasteiger partial charge is 0.144 e. The van der Waals surface area contributed by atoms with Crippen LogP contribution in [0.2, 0.25) is 0 Å². The quantitative estimate of drug-likeness (QED) is 0.912. The van der Waals surface area contributed by atoms with Crippen LogP contribution in [0, 0.1) is 13.8 Å². The van der Waals surface area contributed by atoms with Crippen molar-refractivity contribution in [3.63, 3.8) is 0 Å². The van der Waals surface area contributed by atoms with Gasteiger partial charge in [0.1, 0.15) is 5.82 Å². The number of hydrogen-bond acceptors (Lipinski definition) is 3. The van der Waals surface area contributed by atoms with Crippen LogP contribution in [-0.4, -0.2) is 9.97 Å². The Kier molecular flexibility index (Phi) is 3.19. The van der Waals surface area contributed by atoms with E-state index in [0.717, 1.165) is 27.2 Å². The Labute approximate surface area is 103 Å². The van der Waals surface area contributed by atoms with Crippen molar-refractivity contribution in [2.45, 2.75) is 13.8 Å². The third-order valence-corrected chi connectivity index (χ3v) is 3.26. The SMILES string of the molecule is Cc1ccc(Nc2nccc(C)c2Br)cn1. The molecule has 0 aliphatic carbocycles. The highest BCUT2D eigenvalue weighted by atomic mass is 79.9. The lowest BCUT2D eigenvalue weighted by atomic mass is 10.3. The van der Waals surface area contributed by atoms with E-state index < -0.39 is 0 Å². The zero-order valence-corrected chi connectivity index (χ0v) is 10.7. The van der Waals surface area contributed by atoms with Crippen LogP contribution >= 0.6 is 15.9 Å². The largest absolute Gasteiger partial charge is 0.338 e. The van der Waals surface area contributed by atoms with E-state index in [-0.39, 0.29) is 0 Å². The molecule has 0 fully saturated rings. The number of rotatable bonds is 2. The highest BCUT2D eigenvalue weighted by Crippen LogP contribution is 2.25. The van der Waals surface area contributed by atoms with Gasteiger partial charge in [-0.05, 0) is 53.5 Å². The molecular weight excluding hydrogens is 266 g/mol. The van der Waals surface area contributed by atoms with Crippen molar-refractivity contribution in [2.75, 3.05) is 5.32 Å². The first-order chi connectivity index (χ1) is 7.66. The second-order valence-electron chi connectivity index (χ2n) is 3.60. The molecule has 2 aromatic heterocycles. The third kappa shape index (κ3) is 2.39. The van der Waals surface area contributed by atoms with Crippen molar-refractivity contribution in [3.05, 3.63) is 46.3 Å². The molecule has 0 aliphatic rings. The molecule has 0 aliphatic heterocycles.